The van der Waals surface area contributed by atoms with Gasteiger partial charge in [0.1, 0.15) is 11.4 Å². The molecule has 36 heavy (non-hydrogen) atoms. The van der Waals surface area contributed by atoms with E-state index in [1.165, 1.54) is 24.1 Å². The number of nitrogens with one attached hydrogen (secondary N) is 1. The van der Waals surface area contributed by atoms with Crippen LogP contribution in [0.15, 0.2) is 42.5 Å². The summed E-state index contributed by atoms with van der Waals surface area (Å²) in [7, 11) is 1.53. The first kappa shape index (κ1) is 24.6. The molecule has 2 aromatic carbocycles. The molecule has 8 heteroatoms. The molecule has 2 aromatic rings. The topological polar surface area (TPSA) is 82.1 Å². The van der Waals surface area contributed by atoms with Gasteiger partial charge in [0.05, 0.1) is 7.11 Å². The Morgan fingerprint density at radius 1 is 1.03 bits per heavy atom. The van der Waals surface area contributed by atoms with Gasteiger partial charge in [0.15, 0.2) is 11.5 Å². The molecule has 2 N–H and O–H groups in total. The number of carbonyl (C=O) groups is 2. The molecule has 2 saturated heterocycles. The molecule has 3 aliphatic rings. The molecule has 1 saturated carbocycles. The average Bonchev–Trinajstić information content (AvgIpc) is 3.48. The third kappa shape index (κ3) is 4.66. The summed E-state index contributed by atoms with van der Waals surface area (Å²) < 4.78 is 18.8. The highest BCUT2D eigenvalue weighted by atomic mass is 19.1. The molecule has 0 aromatic heterocycles. The zero-order chi connectivity index (χ0) is 25.3. The zero-order valence-electron chi connectivity index (χ0n) is 20.7. The van der Waals surface area contributed by atoms with E-state index in [4.69, 9.17) is 4.74 Å². The van der Waals surface area contributed by atoms with Crippen LogP contribution in [0.4, 0.5) is 9.18 Å². The molecule has 3 amide bonds. The molecule has 192 valence electrons. The van der Waals surface area contributed by atoms with Crippen molar-refractivity contribution in [2.24, 2.45) is 5.92 Å². The highest BCUT2D eigenvalue weighted by Gasteiger charge is 2.57. The molecule has 2 heterocycles. The Morgan fingerprint density at radius 2 is 1.69 bits per heavy atom. The number of rotatable bonds is 7. The van der Waals surface area contributed by atoms with Gasteiger partial charge < -0.3 is 15.2 Å². The number of nitrogens with zero attached hydrogens (tertiary/aromatic N) is 2. The largest absolute Gasteiger partial charge is 0.504 e. The summed E-state index contributed by atoms with van der Waals surface area (Å²) in [6.07, 6.45) is 5.68. The number of amides is 3. The fraction of sp³-hybridized carbons (Fsp3) is 0.500. The van der Waals surface area contributed by atoms with E-state index in [9.17, 15) is 19.1 Å². The number of phenols is 1. The molecule has 1 aliphatic carbocycles. The van der Waals surface area contributed by atoms with Gasteiger partial charge >= 0.3 is 6.03 Å². The van der Waals surface area contributed by atoms with Crippen molar-refractivity contribution in [2.45, 2.75) is 63.1 Å². The molecule has 7 nitrogen and oxygen atoms in total. The van der Waals surface area contributed by atoms with Crippen LogP contribution in [-0.4, -0.2) is 58.6 Å². The number of benzene rings is 2. The molecule has 0 unspecified atom stereocenters. The van der Waals surface area contributed by atoms with Crippen molar-refractivity contribution in [3.8, 4) is 11.5 Å². The second-order valence-corrected chi connectivity index (χ2v) is 10.4. The zero-order valence-corrected chi connectivity index (χ0v) is 20.7. The lowest BCUT2D eigenvalue weighted by Crippen LogP contribution is -2.57. The van der Waals surface area contributed by atoms with Crippen LogP contribution in [0, 0.1) is 11.7 Å². The van der Waals surface area contributed by atoms with Crippen LogP contribution in [0.3, 0.4) is 0 Å². The SMILES string of the molecule is COc1cc(CN2CCC([C@]3(Cc4ccc(F)cc4)NC(=O)N(C4CCCC4)C3=O)CC2)ccc1O. The second-order valence-electron chi connectivity index (χ2n) is 10.4. The third-order valence-electron chi connectivity index (χ3n) is 8.17. The summed E-state index contributed by atoms with van der Waals surface area (Å²) in [5.41, 5.74) is 0.879. The summed E-state index contributed by atoms with van der Waals surface area (Å²) in [6, 6.07) is 11.3. The monoisotopic (exact) mass is 495 g/mol. The molecule has 3 fully saturated rings. The van der Waals surface area contributed by atoms with E-state index in [-0.39, 0.29) is 35.5 Å². The van der Waals surface area contributed by atoms with Crippen molar-refractivity contribution in [3.63, 3.8) is 0 Å². The van der Waals surface area contributed by atoms with Gasteiger partial charge in [-0.15, -0.1) is 0 Å². The first-order valence-electron chi connectivity index (χ1n) is 12.9. The van der Waals surface area contributed by atoms with E-state index in [1.807, 2.05) is 12.1 Å². The summed E-state index contributed by atoms with van der Waals surface area (Å²) >= 11 is 0. The molecular weight excluding hydrogens is 461 g/mol. The minimum Gasteiger partial charge on any atom is -0.504 e. The lowest BCUT2D eigenvalue weighted by molar-refractivity contribution is -0.135. The molecule has 5 rings (SSSR count). The molecule has 0 spiro atoms. The number of aromatic hydroxyl groups is 1. The molecular formula is C28H34FN3O4. The summed E-state index contributed by atoms with van der Waals surface area (Å²) in [5, 5.41) is 13.0. The van der Waals surface area contributed by atoms with Crippen LogP contribution in [0.25, 0.3) is 0 Å². The lowest BCUT2D eigenvalue weighted by atomic mass is 9.73. The van der Waals surface area contributed by atoms with Crippen molar-refractivity contribution >= 4 is 11.9 Å². The Labute approximate surface area is 211 Å². The van der Waals surface area contributed by atoms with Gasteiger partial charge in [-0.3, -0.25) is 14.6 Å². The van der Waals surface area contributed by atoms with Gasteiger partial charge in [0, 0.05) is 19.0 Å². The van der Waals surface area contributed by atoms with E-state index in [2.05, 4.69) is 10.2 Å². The minimum atomic E-state index is -1.01. The van der Waals surface area contributed by atoms with Crippen LogP contribution in [-0.2, 0) is 17.8 Å². The fourth-order valence-corrected chi connectivity index (χ4v) is 6.23. The number of carbonyl (C=O) groups excluding carboxylic acids is 2. The van der Waals surface area contributed by atoms with E-state index < -0.39 is 5.54 Å². The van der Waals surface area contributed by atoms with Crippen LogP contribution in [0.2, 0.25) is 0 Å². The third-order valence-corrected chi connectivity index (χ3v) is 8.17. The summed E-state index contributed by atoms with van der Waals surface area (Å²) in [5.74, 6) is 0.111. The number of likely N-dealkylation sites (tertiary alicyclic amines) is 1. The number of phenolic OH excluding ortho intramolecular Hbond substituents is 1. The number of piperidine rings is 1. The van der Waals surface area contributed by atoms with Crippen molar-refractivity contribution in [3.05, 3.63) is 59.4 Å². The summed E-state index contributed by atoms with van der Waals surface area (Å²) in [4.78, 5) is 31.0. The lowest BCUT2D eigenvalue weighted by Gasteiger charge is -2.41. The fourth-order valence-electron chi connectivity index (χ4n) is 6.23. The molecule has 0 radical (unpaired) electrons. The number of urea groups is 1. The van der Waals surface area contributed by atoms with Gasteiger partial charge in [-0.25, -0.2) is 9.18 Å². The predicted molar refractivity (Wildman–Crippen MR) is 133 cm³/mol. The van der Waals surface area contributed by atoms with Gasteiger partial charge in [-0.2, -0.15) is 0 Å². The first-order chi connectivity index (χ1) is 17.4. The first-order valence-corrected chi connectivity index (χ1v) is 12.9. The normalized spacial score (nSPS) is 23.9. The average molecular weight is 496 g/mol. The predicted octanol–water partition coefficient (Wildman–Crippen LogP) is 4.23. The Morgan fingerprint density at radius 3 is 2.36 bits per heavy atom. The quantitative estimate of drug-likeness (QED) is 0.562. The van der Waals surface area contributed by atoms with E-state index in [0.717, 1.165) is 62.7 Å². The molecule has 2 aliphatic heterocycles. The van der Waals surface area contributed by atoms with Gasteiger partial charge in [-0.05, 0) is 80.1 Å². The van der Waals surface area contributed by atoms with Crippen molar-refractivity contribution in [1.29, 1.82) is 0 Å². The standard InChI is InChI=1S/C28H34FN3O4/c1-36-25-16-20(8-11-24(25)33)18-31-14-12-21(13-15-31)28(17-19-6-9-22(29)10-7-19)26(34)32(27(35)30-28)23-4-2-3-5-23/h6-11,16,21,23,33H,2-5,12-15,17-18H2,1H3,(H,30,35)/t28-/m0/s1. The van der Waals surface area contributed by atoms with E-state index in [1.54, 1.807) is 18.2 Å². The number of ether oxygens (including phenoxy) is 1. The molecule has 1 atom stereocenters. The van der Waals surface area contributed by atoms with Crippen molar-refractivity contribution < 1.29 is 23.8 Å². The number of methoxy groups -OCH3 is 1. The minimum absolute atomic E-state index is 0.0176. The van der Waals surface area contributed by atoms with Crippen LogP contribution in [0.5, 0.6) is 11.5 Å². The second kappa shape index (κ2) is 10.1. The van der Waals surface area contributed by atoms with Gasteiger partial charge in [0.25, 0.3) is 5.91 Å². The highest BCUT2D eigenvalue weighted by molar-refractivity contribution is 6.07. The van der Waals surface area contributed by atoms with Crippen LogP contribution >= 0.6 is 0 Å². The van der Waals surface area contributed by atoms with Gasteiger partial charge in [0.2, 0.25) is 0 Å². The Balaban J connectivity index is 1.34. The Kier molecular flexibility index (Phi) is 6.88. The van der Waals surface area contributed by atoms with Crippen LogP contribution in [0.1, 0.15) is 49.7 Å². The van der Waals surface area contributed by atoms with Crippen molar-refractivity contribution in [2.75, 3.05) is 20.2 Å². The van der Waals surface area contributed by atoms with E-state index >= 15 is 0 Å². The van der Waals surface area contributed by atoms with E-state index in [0.29, 0.717) is 18.7 Å². The van der Waals surface area contributed by atoms with Crippen molar-refractivity contribution in [1.82, 2.24) is 15.1 Å². The number of hydrogen-bond donors (Lipinski definition) is 2. The smallest absolute Gasteiger partial charge is 0.325 e. The molecule has 0 bridgehead atoms. The highest BCUT2D eigenvalue weighted by Crippen LogP contribution is 2.39. The van der Waals surface area contributed by atoms with Gasteiger partial charge in [-0.1, -0.05) is 31.0 Å². The number of halogens is 1. The Hall–Kier alpha value is -3.13. The maximum Gasteiger partial charge on any atom is 0.325 e. The summed E-state index contributed by atoms with van der Waals surface area (Å²) in [6.45, 7) is 2.28. The number of imide groups is 1. The van der Waals surface area contributed by atoms with Crippen LogP contribution < -0.4 is 10.1 Å². The maximum absolute atomic E-state index is 14.0. The Bertz CT molecular complexity index is 1110. The number of hydrogen-bond acceptors (Lipinski definition) is 5. The maximum atomic E-state index is 14.0.